The van der Waals surface area contributed by atoms with Crippen molar-refractivity contribution in [1.82, 2.24) is 4.57 Å². The first-order chi connectivity index (χ1) is 15.5. The molecule has 0 atom stereocenters. The molecule has 0 amide bonds. The predicted octanol–water partition coefficient (Wildman–Crippen LogP) is 2.61. The maximum Gasteiger partial charge on any atom is 0.270 e. The summed E-state index contributed by atoms with van der Waals surface area (Å²) >= 11 is 0. The summed E-state index contributed by atoms with van der Waals surface area (Å²) < 4.78 is 1.05. The van der Waals surface area contributed by atoms with Crippen LogP contribution in [0.25, 0.3) is 16.5 Å². The van der Waals surface area contributed by atoms with E-state index in [1.54, 1.807) is 54.6 Å². The molecule has 0 saturated heterocycles. The molecule has 1 aliphatic carbocycles. The van der Waals surface area contributed by atoms with Crippen LogP contribution in [0.15, 0.2) is 98.2 Å². The third-order valence-corrected chi connectivity index (χ3v) is 5.60. The third-order valence-electron chi connectivity index (χ3n) is 5.60. The highest BCUT2D eigenvalue weighted by molar-refractivity contribution is 5.82. The molecule has 6 heteroatoms. The van der Waals surface area contributed by atoms with E-state index in [4.69, 9.17) is 4.99 Å². The Bertz CT molecular complexity index is 1740. The fourth-order valence-corrected chi connectivity index (χ4v) is 4.00. The lowest BCUT2D eigenvalue weighted by atomic mass is 10.1. The largest absolute Gasteiger partial charge is 0.378 e. The molecule has 5 rings (SSSR count). The zero-order valence-electron chi connectivity index (χ0n) is 17.6. The number of hydrogen-bond acceptors (Lipinski definition) is 5. The standard InChI is InChI=1S/C26H19N3O3/c1-28(2)17-14-12-16(13-15-17)27-23-19-10-6-7-11-20(19)24(30)22-21(23)25(31)29(26(22)32)18-8-4-3-5-9-18/h3-15H,1-2H3/b27-23+. The minimum Gasteiger partial charge on any atom is -0.378 e. The molecule has 6 nitrogen and oxygen atoms in total. The van der Waals surface area contributed by atoms with Crippen LogP contribution in [0, 0.1) is 10.4 Å². The summed E-state index contributed by atoms with van der Waals surface area (Å²) in [5.41, 5.74) is 0.447. The van der Waals surface area contributed by atoms with Gasteiger partial charge in [-0.1, -0.05) is 42.5 Å². The van der Waals surface area contributed by atoms with Gasteiger partial charge in [0.25, 0.3) is 11.1 Å². The van der Waals surface area contributed by atoms with Gasteiger partial charge in [0.15, 0.2) is 5.43 Å². The van der Waals surface area contributed by atoms with Gasteiger partial charge in [-0.05, 0) is 36.4 Å². The molecule has 0 spiro atoms. The van der Waals surface area contributed by atoms with Crippen molar-refractivity contribution in [2.24, 2.45) is 4.99 Å². The van der Waals surface area contributed by atoms with Crippen LogP contribution in [-0.4, -0.2) is 18.7 Å². The molecule has 1 aliphatic heterocycles. The first kappa shape index (κ1) is 19.6. The minimum atomic E-state index is -0.619. The van der Waals surface area contributed by atoms with Gasteiger partial charge in [0, 0.05) is 30.6 Å². The van der Waals surface area contributed by atoms with Crippen LogP contribution in [0.5, 0.6) is 0 Å². The van der Waals surface area contributed by atoms with E-state index >= 15 is 0 Å². The van der Waals surface area contributed by atoms with E-state index in [1.165, 1.54) is 0 Å². The summed E-state index contributed by atoms with van der Waals surface area (Å²) in [5.74, 6) is 0. The topological polar surface area (TPSA) is 71.7 Å². The van der Waals surface area contributed by atoms with Crippen LogP contribution in [0.2, 0.25) is 0 Å². The van der Waals surface area contributed by atoms with Gasteiger partial charge >= 0.3 is 0 Å². The SMILES string of the molecule is CN(C)c1ccc(/N=c2/c3c(=O)n(-c4ccccc4)c(=O)c=3c(=O)c3ccccc23)cc1. The van der Waals surface area contributed by atoms with Gasteiger partial charge in [0.2, 0.25) is 0 Å². The summed E-state index contributed by atoms with van der Waals surface area (Å²) in [6.45, 7) is 0. The maximum atomic E-state index is 13.5. The Hall–Kier alpha value is -4.32. The minimum absolute atomic E-state index is 0.0549. The molecule has 0 saturated carbocycles. The number of nitrogens with zero attached hydrogens (tertiary/aromatic N) is 3. The normalized spacial score (nSPS) is 12.0. The van der Waals surface area contributed by atoms with Crippen LogP contribution in [0.4, 0.5) is 11.4 Å². The smallest absolute Gasteiger partial charge is 0.270 e. The summed E-state index contributed by atoms with van der Waals surface area (Å²) in [4.78, 5) is 46.7. The van der Waals surface area contributed by atoms with E-state index < -0.39 is 16.5 Å². The number of para-hydroxylation sites is 1. The fraction of sp³-hybridized carbons (Fsp3) is 0.0769. The van der Waals surface area contributed by atoms with Gasteiger partial charge in [-0.2, -0.15) is 0 Å². The van der Waals surface area contributed by atoms with Gasteiger partial charge in [0.05, 0.1) is 22.0 Å². The van der Waals surface area contributed by atoms with Crippen molar-refractivity contribution in [3.8, 4) is 5.69 Å². The Balaban J connectivity index is 1.97. The number of benzene rings is 3. The van der Waals surface area contributed by atoms with Gasteiger partial charge in [-0.15, -0.1) is 0 Å². The van der Waals surface area contributed by atoms with E-state index in [0.717, 1.165) is 10.3 Å². The first-order valence-electron chi connectivity index (χ1n) is 10.2. The lowest BCUT2D eigenvalue weighted by Gasteiger charge is -2.11. The third kappa shape index (κ3) is 2.96. The molecule has 3 aromatic rings. The number of anilines is 1. The van der Waals surface area contributed by atoms with Crippen molar-refractivity contribution in [2.45, 2.75) is 0 Å². The number of fused-ring (bicyclic) bond motifs is 1. The molecular weight excluding hydrogens is 402 g/mol. The zero-order valence-corrected chi connectivity index (χ0v) is 17.6. The van der Waals surface area contributed by atoms with Crippen LogP contribution < -0.4 is 26.8 Å². The molecular formula is C26H19N3O3. The number of aromatic nitrogens is 1. The van der Waals surface area contributed by atoms with Crippen molar-refractivity contribution in [3.05, 3.63) is 126 Å². The van der Waals surface area contributed by atoms with E-state index in [-0.39, 0.29) is 10.4 Å². The van der Waals surface area contributed by atoms with Gasteiger partial charge in [-0.3, -0.25) is 14.4 Å². The summed E-state index contributed by atoms with van der Waals surface area (Å²) in [5, 5.41) is 1.18. The molecule has 0 bridgehead atoms. The Morgan fingerprint density at radius 1 is 0.688 bits per heavy atom. The molecule has 1 heterocycles. The monoisotopic (exact) mass is 421 g/mol. The summed E-state index contributed by atoms with van der Waals surface area (Å²) in [6.07, 6.45) is 0. The Morgan fingerprint density at radius 3 is 1.94 bits per heavy atom. The molecule has 3 aromatic carbocycles. The molecule has 0 unspecified atom stereocenters. The quantitative estimate of drug-likeness (QED) is 0.449. The Kier molecular flexibility index (Phi) is 4.56. The van der Waals surface area contributed by atoms with E-state index in [9.17, 15) is 14.4 Å². The van der Waals surface area contributed by atoms with E-state index in [1.807, 2.05) is 43.3 Å². The molecule has 0 aromatic heterocycles. The van der Waals surface area contributed by atoms with Crippen molar-refractivity contribution < 1.29 is 0 Å². The second-order valence-electron chi connectivity index (χ2n) is 7.78. The molecule has 156 valence electrons. The molecule has 32 heavy (non-hydrogen) atoms. The Morgan fingerprint density at radius 2 is 1.28 bits per heavy atom. The number of rotatable bonds is 3. The van der Waals surface area contributed by atoms with E-state index in [0.29, 0.717) is 27.5 Å². The van der Waals surface area contributed by atoms with Gasteiger partial charge in [-0.25, -0.2) is 9.56 Å². The Labute approximate surface area is 182 Å². The lowest BCUT2D eigenvalue weighted by Crippen LogP contribution is -2.26. The fourth-order valence-electron chi connectivity index (χ4n) is 4.00. The van der Waals surface area contributed by atoms with Crippen molar-refractivity contribution in [1.29, 1.82) is 0 Å². The average molecular weight is 421 g/mol. The van der Waals surface area contributed by atoms with Crippen molar-refractivity contribution in [3.63, 3.8) is 0 Å². The maximum absolute atomic E-state index is 13.5. The average Bonchev–Trinajstić information content (AvgIpc) is 3.08. The highest BCUT2D eigenvalue weighted by Crippen LogP contribution is 2.18. The lowest BCUT2D eigenvalue weighted by molar-refractivity contribution is 0.969. The van der Waals surface area contributed by atoms with Crippen LogP contribution >= 0.6 is 0 Å². The molecule has 0 fully saturated rings. The second kappa shape index (κ2) is 7.42. The van der Waals surface area contributed by atoms with Crippen LogP contribution in [-0.2, 0) is 0 Å². The zero-order chi connectivity index (χ0) is 22.4. The van der Waals surface area contributed by atoms with Gasteiger partial charge < -0.3 is 4.90 Å². The number of hydrogen-bond donors (Lipinski definition) is 0. The van der Waals surface area contributed by atoms with Crippen molar-refractivity contribution in [2.75, 3.05) is 19.0 Å². The summed E-state index contributed by atoms with van der Waals surface area (Å²) in [7, 11) is 3.89. The predicted molar refractivity (Wildman–Crippen MR) is 126 cm³/mol. The van der Waals surface area contributed by atoms with Gasteiger partial charge in [0.1, 0.15) is 5.22 Å². The van der Waals surface area contributed by atoms with Crippen LogP contribution in [0.1, 0.15) is 0 Å². The van der Waals surface area contributed by atoms with Crippen molar-refractivity contribution >= 4 is 22.1 Å². The summed E-state index contributed by atoms with van der Waals surface area (Å²) in [6, 6.07) is 23.1. The molecule has 2 aliphatic rings. The van der Waals surface area contributed by atoms with E-state index in [2.05, 4.69) is 0 Å². The second-order valence-corrected chi connectivity index (χ2v) is 7.78. The molecule has 0 N–H and O–H groups in total. The highest BCUT2D eigenvalue weighted by atomic mass is 16.2. The van der Waals surface area contributed by atoms with Crippen LogP contribution in [0.3, 0.4) is 0 Å². The highest BCUT2D eigenvalue weighted by Gasteiger charge is 2.18. The first-order valence-corrected chi connectivity index (χ1v) is 10.2. The molecule has 0 radical (unpaired) electrons.